The van der Waals surface area contributed by atoms with E-state index in [2.05, 4.69) is 9.97 Å². The first kappa shape index (κ1) is 23.3. The van der Waals surface area contributed by atoms with Gasteiger partial charge < -0.3 is 31.0 Å². The highest BCUT2D eigenvalue weighted by molar-refractivity contribution is 5.83. The number of carboxylic acid groups (broad SMARTS) is 1. The molecular formula is C21H23F2N5O4-2. The number of hydrogen-bond donors (Lipinski definition) is 1. The van der Waals surface area contributed by atoms with E-state index in [-0.39, 0.29) is 17.4 Å². The minimum Gasteiger partial charge on any atom is -0.667 e. The van der Waals surface area contributed by atoms with Gasteiger partial charge in [-0.05, 0) is 30.7 Å². The number of nitrogens with one attached hydrogen (secondary N) is 1. The summed E-state index contributed by atoms with van der Waals surface area (Å²) in [4.78, 5) is 30.3. The molecule has 11 heteroatoms. The lowest BCUT2D eigenvalue weighted by Crippen LogP contribution is -2.56. The Morgan fingerprint density at radius 2 is 1.94 bits per heavy atom. The fraction of sp³-hybridized carbons (Fsp3) is 0.429. The molecule has 2 aromatic rings. The lowest BCUT2D eigenvalue weighted by Gasteiger charge is -2.39. The quantitative estimate of drug-likeness (QED) is 0.640. The van der Waals surface area contributed by atoms with E-state index in [1.807, 2.05) is 30.3 Å². The third-order valence-corrected chi connectivity index (χ3v) is 4.85. The van der Waals surface area contributed by atoms with Crippen LogP contribution in [0.15, 0.2) is 36.5 Å². The first-order valence-corrected chi connectivity index (χ1v) is 10.0. The minimum atomic E-state index is -2.75. The Morgan fingerprint density at radius 3 is 2.47 bits per heavy atom. The Labute approximate surface area is 183 Å². The number of aromatic carboxylic acids is 1. The Morgan fingerprint density at radius 1 is 1.28 bits per heavy atom. The Bertz CT molecular complexity index is 948. The molecule has 1 aliphatic carbocycles. The number of hydrogen-bond acceptors (Lipinski definition) is 7. The van der Waals surface area contributed by atoms with Crippen molar-refractivity contribution in [3.05, 3.63) is 53.5 Å². The summed E-state index contributed by atoms with van der Waals surface area (Å²) < 4.78 is 31.2. The van der Waals surface area contributed by atoms with Crippen LogP contribution in [0.4, 0.5) is 14.6 Å². The van der Waals surface area contributed by atoms with Crippen LogP contribution in [-0.2, 0) is 11.2 Å². The SMILES string of the molecule is O=C([O-])c1cnc(N2CC(F)(F)C2)c(OCC2CC2)n1.[NH-][C@@H](Cc1ccccc1)C(N)=O. The van der Waals surface area contributed by atoms with Crippen LogP contribution in [0.1, 0.15) is 28.9 Å². The molecule has 3 N–H and O–H groups in total. The second-order valence-corrected chi connectivity index (χ2v) is 7.78. The number of ether oxygens (including phenoxy) is 1. The molecule has 172 valence electrons. The molecule has 1 amide bonds. The van der Waals surface area contributed by atoms with E-state index in [4.69, 9.17) is 16.2 Å². The van der Waals surface area contributed by atoms with Gasteiger partial charge in [0.2, 0.25) is 0 Å². The molecule has 0 spiro atoms. The average molecular weight is 447 g/mol. The number of benzene rings is 1. The molecule has 1 saturated heterocycles. The van der Waals surface area contributed by atoms with Gasteiger partial charge in [-0.25, -0.2) is 18.7 Å². The van der Waals surface area contributed by atoms with Crippen molar-refractivity contribution in [3.63, 3.8) is 0 Å². The van der Waals surface area contributed by atoms with E-state index in [1.165, 1.54) is 4.90 Å². The molecule has 1 aliphatic heterocycles. The van der Waals surface area contributed by atoms with Crippen LogP contribution < -0.4 is 20.5 Å². The zero-order valence-corrected chi connectivity index (χ0v) is 17.2. The lowest BCUT2D eigenvalue weighted by molar-refractivity contribution is -0.255. The number of nitrogens with two attached hydrogens (primary N) is 1. The van der Waals surface area contributed by atoms with Crippen molar-refractivity contribution in [2.24, 2.45) is 11.7 Å². The van der Waals surface area contributed by atoms with Crippen LogP contribution in [0, 0.1) is 5.92 Å². The fourth-order valence-electron chi connectivity index (χ4n) is 2.87. The zero-order chi connectivity index (χ0) is 23.3. The first-order valence-electron chi connectivity index (χ1n) is 10.0. The van der Waals surface area contributed by atoms with Crippen LogP contribution in [-0.4, -0.2) is 53.5 Å². The van der Waals surface area contributed by atoms with Crippen LogP contribution in [0.25, 0.3) is 5.73 Å². The minimum absolute atomic E-state index is 0.0194. The van der Waals surface area contributed by atoms with E-state index < -0.39 is 36.9 Å². The van der Waals surface area contributed by atoms with Crippen molar-refractivity contribution in [2.45, 2.75) is 31.2 Å². The number of carboxylic acids is 1. The van der Waals surface area contributed by atoms with Gasteiger partial charge in [-0.2, -0.15) is 0 Å². The molecule has 1 aromatic carbocycles. The summed E-state index contributed by atoms with van der Waals surface area (Å²) in [6.07, 6.45) is 3.48. The van der Waals surface area contributed by atoms with Crippen molar-refractivity contribution in [3.8, 4) is 5.88 Å². The lowest BCUT2D eigenvalue weighted by atomic mass is 10.1. The molecule has 0 radical (unpaired) electrons. The number of nitrogens with zero attached hydrogens (tertiary/aromatic N) is 3. The maximum atomic E-state index is 12.9. The van der Waals surface area contributed by atoms with Crippen molar-refractivity contribution in [2.75, 3.05) is 24.6 Å². The van der Waals surface area contributed by atoms with Crippen molar-refractivity contribution < 1.29 is 28.2 Å². The van der Waals surface area contributed by atoms with Gasteiger partial charge in [0.05, 0.1) is 31.9 Å². The molecule has 1 saturated carbocycles. The maximum absolute atomic E-state index is 12.9. The number of aromatic nitrogens is 2. The number of carbonyl (C=O) groups excluding carboxylic acids is 2. The first-order chi connectivity index (χ1) is 15.1. The highest BCUT2D eigenvalue weighted by Gasteiger charge is 2.45. The van der Waals surface area contributed by atoms with Gasteiger partial charge in [-0.3, -0.25) is 4.79 Å². The predicted molar refractivity (Wildman–Crippen MR) is 109 cm³/mol. The molecule has 0 unspecified atom stereocenters. The zero-order valence-electron chi connectivity index (χ0n) is 17.2. The summed E-state index contributed by atoms with van der Waals surface area (Å²) in [5.74, 6) is -4.24. The Hall–Kier alpha value is -3.34. The van der Waals surface area contributed by atoms with E-state index in [0.29, 0.717) is 18.9 Å². The van der Waals surface area contributed by atoms with Crippen molar-refractivity contribution >= 4 is 17.7 Å². The maximum Gasteiger partial charge on any atom is 0.282 e. The molecule has 2 heterocycles. The normalized spacial score (nSPS) is 17.4. The summed E-state index contributed by atoms with van der Waals surface area (Å²) in [6.45, 7) is -0.541. The van der Waals surface area contributed by atoms with Crippen LogP contribution >= 0.6 is 0 Å². The number of rotatable bonds is 8. The highest BCUT2D eigenvalue weighted by Crippen LogP contribution is 2.36. The monoisotopic (exact) mass is 447 g/mol. The Kier molecular flexibility index (Phi) is 7.18. The molecular weight excluding hydrogens is 424 g/mol. The molecule has 32 heavy (non-hydrogen) atoms. The summed E-state index contributed by atoms with van der Waals surface area (Å²) in [5.41, 5.74) is 12.8. The van der Waals surface area contributed by atoms with Crippen LogP contribution in [0.3, 0.4) is 0 Å². The summed E-state index contributed by atoms with van der Waals surface area (Å²) >= 11 is 0. The second kappa shape index (κ2) is 9.86. The topological polar surface area (TPSA) is 145 Å². The molecule has 2 aliphatic rings. The van der Waals surface area contributed by atoms with E-state index in [0.717, 1.165) is 24.6 Å². The number of anilines is 1. The number of carbonyl (C=O) groups is 2. The Balaban J connectivity index is 0.000000207. The molecule has 9 nitrogen and oxygen atoms in total. The summed E-state index contributed by atoms with van der Waals surface area (Å²) in [7, 11) is 0. The number of alkyl halides is 2. The highest BCUT2D eigenvalue weighted by atomic mass is 19.3. The smallest absolute Gasteiger partial charge is 0.282 e. The molecule has 4 rings (SSSR count). The standard InChI is InChI=1S/C12H13F2N3O3.C9H11N2O/c13-12(14)5-17(6-12)9-10(20-4-7-1-2-7)16-8(3-15-9)11(18)19;10-8(9(11)12)6-7-4-2-1-3-5-7/h3,7H,1-2,4-6H2,(H,18,19);1-5,8,10H,6H2,(H2,11,12)/q;-1/p-1/t;8-/m.0/s1. The second-order valence-electron chi connectivity index (χ2n) is 7.78. The van der Waals surface area contributed by atoms with Crippen LogP contribution in [0.5, 0.6) is 5.88 Å². The number of halogens is 2. The molecule has 2 fully saturated rings. The van der Waals surface area contributed by atoms with E-state index >= 15 is 0 Å². The largest absolute Gasteiger partial charge is 0.667 e. The third-order valence-electron chi connectivity index (χ3n) is 4.85. The van der Waals surface area contributed by atoms with E-state index in [1.54, 1.807) is 0 Å². The van der Waals surface area contributed by atoms with Gasteiger partial charge in [-0.15, -0.1) is 0 Å². The van der Waals surface area contributed by atoms with Gasteiger partial charge in [-0.1, -0.05) is 36.4 Å². The van der Waals surface area contributed by atoms with Gasteiger partial charge in [0.25, 0.3) is 11.8 Å². The average Bonchev–Trinajstić information content (AvgIpc) is 3.56. The van der Waals surface area contributed by atoms with Gasteiger partial charge in [0.1, 0.15) is 5.69 Å². The predicted octanol–water partition coefficient (Wildman–Crippen LogP) is 1.22. The van der Waals surface area contributed by atoms with Gasteiger partial charge >= 0.3 is 0 Å². The molecule has 0 bridgehead atoms. The fourth-order valence-corrected chi connectivity index (χ4v) is 2.87. The number of amides is 1. The summed E-state index contributed by atoms with van der Waals surface area (Å²) in [6, 6.07) is 8.58. The number of primary amides is 1. The third kappa shape index (κ3) is 6.58. The molecule has 1 aromatic heterocycles. The van der Waals surface area contributed by atoms with Crippen molar-refractivity contribution in [1.29, 1.82) is 0 Å². The summed E-state index contributed by atoms with van der Waals surface area (Å²) in [5, 5.41) is 10.8. The van der Waals surface area contributed by atoms with Crippen molar-refractivity contribution in [1.82, 2.24) is 9.97 Å². The van der Waals surface area contributed by atoms with Gasteiger partial charge in [0.15, 0.2) is 11.7 Å². The van der Waals surface area contributed by atoms with Gasteiger partial charge in [0, 0.05) is 0 Å². The molecule has 1 atom stereocenters. The van der Waals surface area contributed by atoms with E-state index in [9.17, 15) is 23.5 Å². The van der Waals surface area contributed by atoms with Crippen LogP contribution in [0.2, 0.25) is 0 Å².